The van der Waals surface area contributed by atoms with Crippen LogP contribution < -0.4 is 0 Å². The molecule has 1 rings (SSSR count). The molecule has 1 aromatic rings. The molecule has 0 aliphatic heterocycles. The molecule has 1 aromatic heterocycles. The highest BCUT2D eigenvalue weighted by atomic mass is 127. The van der Waals surface area contributed by atoms with Crippen LogP contribution >= 0.6 is 38.5 Å². The number of nitrogens with zero attached hydrogens (tertiary/aromatic N) is 1. The highest BCUT2D eigenvalue weighted by molar-refractivity contribution is 14.1. The predicted octanol–water partition coefficient (Wildman–Crippen LogP) is 3.15. The third kappa shape index (κ3) is 3.34. The Labute approximate surface area is 113 Å². The highest BCUT2D eigenvalue weighted by Crippen LogP contribution is 2.26. The first-order valence-corrected chi connectivity index (χ1v) is 6.39. The van der Waals surface area contributed by atoms with Crippen molar-refractivity contribution in [2.45, 2.75) is 18.2 Å². The molecule has 0 radical (unpaired) electrons. The number of carboxylic acid groups (broad SMARTS) is 1. The second-order valence-electron chi connectivity index (χ2n) is 2.98. The molecule has 0 atom stereocenters. The average molecular weight is 406 g/mol. The van der Waals surface area contributed by atoms with E-state index in [4.69, 9.17) is 5.11 Å². The maximum absolute atomic E-state index is 12.7. The Morgan fingerprint density at radius 1 is 1.62 bits per heavy atom. The molecule has 0 fully saturated rings. The van der Waals surface area contributed by atoms with Crippen LogP contribution in [-0.2, 0) is 16.5 Å². The van der Waals surface area contributed by atoms with E-state index in [1.165, 1.54) is 6.07 Å². The monoisotopic (exact) mass is 405 g/mol. The quantitative estimate of drug-likeness (QED) is 0.475. The Morgan fingerprint density at radius 3 is 2.69 bits per heavy atom. The zero-order valence-corrected chi connectivity index (χ0v) is 11.6. The zero-order chi connectivity index (χ0) is 12.3. The second-order valence-corrected chi connectivity index (χ2v) is 4.56. The molecule has 0 saturated heterocycles. The van der Waals surface area contributed by atoms with Gasteiger partial charge in [0.2, 0.25) is 0 Å². The summed E-state index contributed by atoms with van der Waals surface area (Å²) in [5, 5.41) is 8.84. The summed E-state index contributed by atoms with van der Waals surface area (Å²) in [5.74, 6) is -1.06. The summed E-state index contributed by atoms with van der Waals surface area (Å²) in [6.07, 6.45) is -2.95. The Morgan fingerprint density at radius 2 is 2.25 bits per heavy atom. The average Bonchev–Trinajstić information content (AvgIpc) is 2.19. The molecule has 1 N–H and O–H groups in total. The molecule has 0 amide bonds. The van der Waals surface area contributed by atoms with E-state index in [2.05, 4.69) is 20.9 Å². The van der Waals surface area contributed by atoms with E-state index >= 15 is 0 Å². The minimum atomic E-state index is -2.65. The lowest BCUT2D eigenvalue weighted by atomic mass is 10.1. The number of hydrogen-bond donors (Lipinski definition) is 1. The first-order chi connectivity index (χ1) is 7.45. The third-order valence-corrected chi connectivity index (χ3v) is 3.33. The van der Waals surface area contributed by atoms with E-state index in [-0.39, 0.29) is 23.0 Å². The molecule has 16 heavy (non-hydrogen) atoms. The maximum Gasteiger partial charge on any atom is 0.307 e. The number of alkyl halides is 3. The van der Waals surface area contributed by atoms with Gasteiger partial charge in [0.25, 0.3) is 6.43 Å². The second kappa shape index (κ2) is 5.85. The number of aromatic nitrogens is 1. The normalized spacial score (nSPS) is 10.8. The van der Waals surface area contributed by atoms with Crippen molar-refractivity contribution in [3.63, 3.8) is 0 Å². The van der Waals surface area contributed by atoms with Crippen LogP contribution in [0.5, 0.6) is 0 Å². The molecule has 88 valence electrons. The molecule has 0 bridgehead atoms. The number of aliphatic carboxylic acids is 1. The smallest absolute Gasteiger partial charge is 0.307 e. The summed E-state index contributed by atoms with van der Waals surface area (Å²) in [5.41, 5.74) is 0.343. The van der Waals surface area contributed by atoms with Gasteiger partial charge in [-0.25, -0.2) is 13.8 Å². The van der Waals surface area contributed by atoms with Gasteiger partial charge in [-0.15, -0.1) is 0 Å². The van der Waals surface area contributed by atoms with Gasteiger partial charge >= 0.3 is 5.97 Å². The lowest BCUT2D eigenvalue weighted by molar-refractivity contribution is -0.136. The molecule has 7 heteroatoms. The van der Waals surface area contributed by atoms with E-state index in [0.29, 0.717) is 9.26 Å². The lowest BCUT2D eigenvalue weighted by Crippen LogP contribution is -2.07. The number of halogens is 4. The van der Waals surface area contributed by atoms with Crippen LogP contribution in [0.3, 0.4) is 0 Å². The fraction of sp³-hybridized carbons (Fsp3) is 0.333. The van der Waals surface area contributed by atoms with Crippen molar-refractivity contribution in [1.82, 2.24) is 4.98 Å². The van der Waals surface area contributed by atoms with Crippen molar-refractivity contribution >= 4 is 44.5 Å². The Bertz CT molecular complexity index is 415. The van der Waals surface area contributed by atoms with Crippen molar-refractivity contribution in [2.75, 3.05) is 0 Å². The first-order valence-electron chi connectivity index (χ1n) is 4.19. The van der Waals surface area contributed by atoms with Gasteiger partial charge in [-0.2, -0.15) is 0 Å². The van der Waals surface area contributed by atoms with Crippen LogP contribution in [0.2, 0.25) is 0 Å². The van der Waals surface area contributed by atoms with E-state index in [1.54, 1.807) is 0 Å². The summed E-state index contributed by atoms with van der Waals surface area (Å²) >= 11 is 4.91. The predicted molar refractivity (Wildman–Crippen MR) is 65.9 cm³/mol. The fourth-order valence-electron chi connectivity index (χ4n) is 1.17. The van der Waals surface area contributed by atoms with Gasteiger partial charge < -0.3 is 5.11 Å². The number of carbonyl (C=O) groups is 1. The zero-order valence-electron chi connectivity index (χ0n) is 7.88. The topological polar surface area (TPSA) is 50.2 Å². The summed E-state index contributed by atoms with van der Waals surface area (Å²) < 4.78 is 25.7. The summed E-state index contributed by atoms with van der Waals surface area (Å²) in [4.78, 5) is 14.5. The Hall–Kier alpha value is -0.310. The van der Waals surface area contributed by atoms with Gasteiger partial charge in [0.1, 0.15) is 3.70 Å². The SMILES string of the molecule is O=C(O)Cc1cc(C(F)F)c(CBr)nc1I. The molecular formula is C9H7BrF2INO2. The van der Waals surface area contributed by atoms with E-state index in [9.17, 15) is 13.6 Å². The number of carboxylic acids is 1. The van der Waals surface area contributed by atoms with Crippen molar-refractivity contribution in [2.24, 2.45) is 0 Å². The Balaban J connectivity index is 3.21. The van der Waals surface area contributed by atoms with Gasteiger partial charge in [0.05, 0.1) is 12.1 Å². The maximum atomic E-state index is 12.7. The molecule has 0 unspecified atom stereocenters. The standard InChI is InChI=1S/C9H7BrF2INO2/c10-3-6-5(8(11)12)1-4(2-7(15)16)9(13)14-6/h1,8H,2-3H2,(H,15,16). The van der Waals surface area contributed by atoms with Crippen molar-refractivity contribution in [3.8, 4) is 0 Å². The van der Waals surface area contributed by atoms with Gasteiger partial charge in [0, 0.05) is 10.9 Å². The van der Waals surface area contributed by atoms with E-state index in [0.717, 1.165) is 0 Å². The number of rotatable bonds is 4. The van der Waals surface area contributed by atoms with Crippen LogP contribution in [0.1, 0.15) is 23.2 Å². The molecule has 0 aliphatic rings. The molecule has 0 spiro atoms. The van der Waals surface area contributed by atoms with Crippen molar-refractivity contribution in [3.05, 3.63) is 26.6 Å². The first kappa shape index (κ1) is 13.8. The van der Waals surface area contributed by atoms with Crippen LogP contribution in [-0.4, -0.2) is 16.1 Å². The molecule has 0 aliphatic carbocycles. The summed E-state index contributed by atoms with van der Waals surface area (Å²) in [6, 6.07) is 1.21. The Kier molecular flexibility index (Phi) is 5.03. The van der Waals surface area contributed by atoms with E-state index < -0.39 is 12.4 Å². The minimum absolute atomic E-state index is 0.214. The van der Waals surface area contributed by atoms with Crippen LogP contribution in [0.25, 0.3) is 0 Å². The number of hydrogen-bond acceptors (Lipinski definition) is 2. The minimum Gasteiger partial charge on any atom is -0.481 e. The van der Waals surface area contributed by atoms with Crippen molar-refractivity contribution in [1.29, 1.82) is 0 Å². The molecule has 3 nitrogen and oxygen atoms in total. The van der Waals surface area contributed by atoms with Gasteiger partial charge in [-0.3, -0.25) is 4.79 Å². The molecular weight excluding hydrogens is 399 g/mol. The largest absolute Gasteiger partial charge is 0.481 e. The molecule has 0 saturated carbocycles. The van der Waals surface area contributed by atoms with Crippen LogP contribution in [0.4, 0.5) is 8.78 Å². The van der Waals surface area contributed by atoms with Crippen LogP contribution in [0.15, 0.2) is 6.07 Å². The third-order valence-electron chi connectivity index (χ3n) is 1.86. The fourth-order valence-corrected chi connectivity index (χ4v) is 2.25. The molecule has 1 heterocycles. The van der Waals surface area contributed by atoms with Gasteiger partial charge in [-0.05, 0) is 34.2 Å². The van der Waals surface area contributed by atoms with Gasteiger partial charge in [-0.1, -0.05) is 15.9 Å². The summed E-state index contributed by atoms with van der Waals surface area (Å²) in [6.45, 7) is 0. The van der Waals surface area contributed by atoms with Crippen LogP contribution in [0, 0.1) is 3.70 Å². The molecule has 0 aromatic carbocycles. The number of pyridine rings is 1. The highest BCUT2D eigenvalue weighted by Gasteiger charge is 2.17. The van der Waals surface area contributed by atoms with Gasteiger partial charge in [0.15, 0.2) is 0 Å². The van der Waals surface area contributed by atoms with E-state index in [1.807, 2.05) is 22.6 Å². The van der Waals surface area contributed by atoms with Crippen molar-refractivity contribution < 1.29 is 18.7 Å². The summed E-state index contributed by atoms with van der Waals surface area (Å²) in [7, 11) is 0. The lowest BCUT2D eigenvalue weighted by Gasteiger charge is -2.09.